The van der Waals surface area contributed by atoms with Gasteiger partial charge in [0, 0.05) is 7.05 Å². The van der Waals surface area contributed by atoms with Crippen LogP contribution in [0.2, 0.25) is 5.02 Å². The van der Waals surface area contributed by atoms with Gasteiger partial charge in [-0.2, -0.15) is 10.2 Å². The molecule has 0 bridgehead atoms. The fourth-order valence-corrected chi connectivity index (χ4v) is 1.95. The third-order valence-corrected chi connectivity index (χ3v) is 2.98. The van der Waals surface area contributed by atoms with Gasteiger partial charge in [-0.3, -0.25) is 0 Å². The van der Waals surface area contributed by atoms with Gasteiger partial charge in [-0.15, -0.1) is 0 Å². The second-order valence-corrected chi connectivity index (χ2v) is 4.66. The predicted molar refractivity (Wildman–Crippen MR) is 77.3 cm³/mol. The molecular weight excluding hydrogens is 276 g/mol. The number of aryl methyl sites for hydroxylation is 2. The van der Waals surface area contributed by atoms with Crippen LogP contribution in [0.15, 0.2) is 18.3 Å². The van der Waals surface area contributed by atoms with Crippen LogP contribution < -0.4 is 10.1 Å². The van der Waals surface area contributed by atoms with Gasteiger partial charge in [0.15, 0.2) is 0 Å². The number of ether oxygens (including phenoxy) is 1. The molecule has 0 aliphatic rings. The quantitative estimate of drug-likeness (QED) is 0.936. The van der Waals surface area contributed by atoms with Crippen LogP contribution in [0.5, 0.6) is 11.6 Å². The maximum absolute atomic E-state index is 8.94. The van der Waals surface area contributed by atoms with Gasteiger partial charge in [0.2, 0.25) is 11.8 Å². The molecule has 1 heterocycles. The zero-order valence-electron chi connectivity index (χ0n) is 11.4. The Hall–Kier alpha value is -2.32. The number of aromatic nitrogens is 2. The molecule has 2 rings (SSSR count). The maximum Gasteiger partial charge on any atom is 0.243 e. The molecule has 0 spiro atoms. The summed E-state index contributed by atoms with van der Waals surface area (Å²) in [6.45, 7) is 3.74. The van der Waals surface area contributed by atoms with Crippen LogP contribution in [-0.2, 0) is 0 Å². The number of nitriles is 1. The fraction of sp³-hybridized carbons (Fsp3) is 0.214. The van der Waals surface area contributed by atoms with Gasteiger partial charge >= 0.3 is 0 Å². The van der Waals surface area contributed by atoms with Crippen LogP contribution in [0.3, 0.4) is 0 Å². The lowest BCUT2D eigenvalue weighted by Crippen LogP contribution is -2.00. The highest BCUT2D eigenvalue weighted by Crippen LogP contribution is 2.32. The van der Waals surface area contributed by atoms with Crippen LogP contribution in [0, 0.1) is 25.2 Å². The van der Waals surface area contributed by atoms with Crippen molar-refractivity contribution in [2.45, 2.75) is 13.8 Å². The highest BCUT2D eigenvalue weighted by molar-refractivity contribution is 6.31. The number of rotatable bonds is 3. The number of anilines is 1. The first-order valence-electron chi connectivity index (χ1n) is 5.94. The van der Waals surface area contributed by atoms with E-state index in [0.717, 1.165) is 11.1 Å². The second-order valence-electron chi connectivity index (χ2n) is 4.25. The van der Waals surface area contributed by atoms with E-state index >= 15 is 0 Å². The summed E-state index contributed by atoms with van der Waals surface area (Å²) < 4.78 is 5.78. The molecule has 102 valence electrons. The predicted octanol–water partition coefficient (Wildman–Crippen LogP) is 3.45. The summed E-state index contributed by atoms with van der Waals surface area (Å²) in [5.74, 6) is 1.35. The van der Waals surface area contributed by atoms with Crippen molar-refractivity contribution in [3.63, 3.8) is 0 Å². The van der Waals surface area contributed by atoms with Crippen LogP contribution in [-0.4, -0.2) is 17.0 Å². The Bertz CT molecular complexity index is 671. The monoisotopic (exact) mass is 288 g/mol. The van der Waals surface area contributed by atoms with Gasteiger partial charge in [-0.1, -0.05) is 11.6 Å². The molecule has 0 radical (unpaired) electrons. The zero-order valence-corrected chi connectivity index (χ0v) is 12.1. The Morgan fingerprint density at radius 3 is 2.50 bits per heavy atom. The first-order chi connectivity index (χ1) is 9.55. The summed E-state index contributed by atoms with van der Waals surface area (Å²) in [5.41, 5.74) is 2.29. The molecule has 0 saturated carbocycles. The number of benzene rings is 1. The van der Waals surface area contributed by atoms with Gasteiger partial charge in [0.25, 0.3) is 0 Å². The molecule has 6 heteroatoms. The minimum absolute atomic E-state index is 0.280. The Balaban J connectivity index is 2.43. The number of halogens is 1. The van der Waals surface area contributed by atoms with E-state index in [4.69, 9.17) is 21.6 Å². The molecule has 0 fully saturated rings. The molecule has 0 aliphatic carbocycles. The van der Waals surface area contributed by atoms with E-state index in [-0.39, 0.29) is 5.88 Å². The maximum atomic E-state index is 8.94. The van der Waals surface area contributed by atoms with Gasteiger partial charge < -0.3 is 10.1 Å². The molecule has 0 aliphatic heterocycles. The number of hydrogen-bond acceptors (Lipinski definition) is 5. The highest BCUT2D eigenvalue weighted by Gasteiger charge is 2.12. The topological polar surface area (TPSA) is 70.8 Å². The molecule has 1 aromatic heterocycles. The smallest absolute Gasteiger partial charge is 0.243 e. The van der Waals surface area contributed by atoms with Crippen molar-refractivity contribution in [1.29, 1.82) is 5.26 Å². The van der Waals surface area contributed by atoms with Crippen LogP contribution in [0.25, 0.3) is 0 Å². The van der Waals surface area contributed by atoms with Crippen molar-refractivity contribution in [3.05, 3.63) is 40.0 Å². The lowest BCUT2D eigenvalue weighted by atomic mass is 10.1. The second kappa shape index (κ2) is 5.76. The molecule has 0 atom stereocenters. The van der Waals surface area contributed by atoms with Crippen molar-refractivity contribution in [3.8, 4) is 17.7 Å². The molecule has 1 aromatic carbocycles. The van der Waals surface area contributed by atoms with Crippen molar-refractivity contribution < 1.29 is 4.74 Å². The van der Waals surface area contributed by atoms with E-state index in [2.05, 4.69) is 21.4 Å². The standard InChI is InChI=1S/C14H13ClN4O/c1-8-4-10(6-16)5-9(2)12(8)20-13-11(15)7-18-14(17-3)19-13/h4-5,7H,1-3H3,(H,17,18,19). The van der Waals surface area contributed by atoms with Gasteiger partial charge in [0.05, 0.1) is 17.8 Å². The van der Waals surface area contributed by atoms with Gasteiger partial charge in [-0.05, 0) is 37.1 Å². The molecule has 0 saturated heterocycles. The summed E-state index contributed by atoms with van der Waals surface area (Å²) in [6.07, 6.45) is 1.48. The summed E-state index contributed by atoms with van der Waals surface area (Å²) in [7, 11) is 1.71. The van der Waals surface area contributed by atoms with E-state index in [0.29, 0.717) is 22.3 Å². The van der Waals surface area contributed by atoms with Crippen molar-refractivity contribution in [2.24, 2.45) is 0 Å². The van der Waals surface area contributed by atoms with Crippen LogP contribution in [0.4, 0.5) is 5.95 Å². The first-order valence-corrected chi connectivity index (χ1v) is 6.32. The molecule has 0 amide bonds. The minimum atomic E-state index is 0.280. The average molecular weight is 289 g/mol. The molecule has 1 N–H and O–H groups in total. The molecule has 0 unspecified atom stereocenters. The van der Waals surface area contributed by atoms with Gasteiger partial charge in [-0.25, -0.2) is 4.98 Å². The molecular formula is C14H13ClN4O. The van der Waals surface area contributed by atoms with Crippen molar-refractivity contribution >= 4 is 17.5 Å². The van der Waals surface area contributed by atoms with E-state index in [9.17, 15) is 0 Å². The van der Waals surface area contributed by atoms with E-state index in [1.165, 1.54) is 6.20 Å². The SMILES string of the molecule is CNc1ncc(Cl)c(Oc2c(C)cc(C#N)cc2C)n1. The van der Waals surface area contributed by atoms with E-state index in [1.807, 2.05) is 13.8 Å². The Kier molecular flexibility index (Phi) is 4.06. The third-order valence-electron chi connectivity index (χ3n) is 2.72. The number of hydrogen-bond donors (Lipinski definition) is 1. The van der Waals surface area contributed by atoms with Crippen LogP contribution >= 0.6 is 11.6 Å². The Morgan fingerprint density at radius 2 is 1.95 bits per heavy atom. The lowest BCUT2D eigenvalue weighted by molar-refractivity contribution is 0.455. The molecule has 20 heavy (non-hydrogen) atoms. The van der Waals surface area contributed by atoms with Crippen molar-refractivity contribution in [2.75, 3.05) is 12.4 Å². The van der Waals surface area contributed by atoms with Crippen LogP contribution in [0.1, 0.15) is 16.7 Å². The lowest BCUT2D eigenvalue weighted by Gasteiger charge is -2.12. The summed E-state index contributed by atoms with van der Waals surface area (Å²) >= 11 is 6.04. The largest absolute Gasteiger partial charge is 0.437 e. The Labute approximate surface area is 122 Å². The summed E-state index contributed by atoms with van der Waals surface area (Å²) in [6, 6.07) is 5.63. The summed E-state index contributed by atoms with van der Waals surface area (Å²) in [5, 5.41) is 12.1. The number of nitrogens with zero attached hydrogens (tertiary/aromatic N) is 3. The minimum Gasteiger partial charge on any atom is -0.437 e. The highest BCUT2D eigenvalue weighted by atomic mass is 35.5. The van der Waals surface area contributed by atoms with E-state index < -0.39 is 0 Å². The summed E-state index contributed by atoms with van der Waals surface area (Å²) in [4.78, 5) is 8.16. The van der Waals surface area contributed by atoms with E-state index in [1.54, 1.807) is 19.2 Å². The molecule has 2 aromatic rings. The number of nitrogens with one attached hydrogen (secondary N) is 1. The normalized spacial score (nSPS) is 9.95. The Morgan fingerprint density at radius 1 is 1.30 bits per heavy atom. The zero-order chi connectivity index (χ0) is 14.7. The average Bonchev–Trinajstić information content (AvgIpc) is 2.44. The molecule has 5 nitrogen and oxygen atoms in total. The van der Waals surface area contributed by atoms with Gasteiger partial charge in [0.1, 0.15) is 10.8 Å². The first kappa shape index (κ1) is 14.1. The van der Waals surface area contributed by atoms with Crippen molar-refractivity contribution in [1.82, 2.24) is 9.97 Å². The third kappa shape index (κ3) is 2.81. The fourth-order valence-electron chi connectivity index (χ4n) is 1.82.